The van der Waals surface area contributed by atoms with Gasteiger partial charge in [-0.05, 0) is 32.0 Å². The normalized spacial score (nSPS) is 15.6. The van der Waals surface area contributed by atoms with Crippen LogP contribution in [0.5, 0.6) is 0 Å². The van der Waals surface area contributed by atoms with Crippen LogP contribution in [0.15, 0.2) is 30.3 Å². The molecule has 0 aliphatic carbocycles. The van der Waals surface area contributed by atoms with E-state index in [0.717, 1.165) is 45.6 Å². The van der Waals surface area contributed by atoms with Gasteiger partial charge in [0.1, 0.15) is 0 Å². The Hall–Kier alpha value is -1.39. The highest BCUT2D eigenvalue weighted by molar-refractivity contribution is 5.78. The molecule has 1 aromatic rings. The zero-order valence-corrected chi connectivity index (χ0v) is 12.3. The quantitative estimate of drug-likeness (QED) is 0.841. The summed E-state index contributed by atoms with van der Waals surface area (Å²) in [5.41, 5.74) is 1.37. The van der Waals surface area contributed by atoms with Gasteiger partial charge in [-0.25, -0.2) is 0 Å². The van der Waals surface area contributed by atoms with Gasteiger partial charge in [-0.3, -0.25) is 9.69 Å². The molecule has 0 radical (unpaired) electrons. The van der Waals surface area contributed by atoms with Crippen LogP contribution < -0.4 is 5.32 Å². The summed E-state index contributed by atoms with van der Waals surface area (Å²) in [5, 5.41) is 3.27. The maximum atomic E-state index is 12.1. The molecule has 1 amide bonds. The Morgan fingerprint density at radius 3 is 2.65 bits per heavy atom. The first kappa shape index (κ1) is 15.0. The average molecular weight is 275 g/mol. The van der Waals surface area contributed by atoms with Crippen LogP contribution in [0.2, 0.25) is 0 Å². The van der Waals surface area contributed by atoms with Crippen molar-refractivity contribution in [3.63, 3.8) is 0 Å². The van der Waals surface area contributed by atoms with E-state index in [2.05, 4.69) is 34.5 Å². The zero-order valence-electron chi connectivity index (χ0n) is 12.3. The molecule has 0 bridgehead atoms. The Balaban J connectivity index is 1.64. The summed E-state index contributed by atoms with van der Waals surface area (Å²) in [6, 6.07) is 10.5. The maximum Gasteiger partial charge on any atom is 0.236 e. The van der Waals surface area contributed by atoms with Crippen LogP contribution in [0.4, 0.5) is 0 Å². The summed E-state index contributed by atoms with van der Waals surface area (Å²) >= 11 is 0. The first-order chi connectivity index (χ1) is 9.75. The van der Waals surface area contributed by atoms with E-state index < -0.39 is 0 Å². The van der Waals surface area contributed by atoms with Gasteiger partial charge in [-0.1, -0.05) is 30.3 Å². The van der Waals surface area contributed by atoms with Gasteiger partial charge < -0.3 is 10.2 Å². The van der Waals surface area contributed by atoms with Gasteiger partial charge in [-0.2, -0.15) is 0 Å². The fourth-order valence-electron chi connectivity index (χ4n) is 2.52. The number of carbonyl (C=O) groups excluding carboxylic acids is 1. The smallest absolute Gasteiger partial charge is 0.236 e. The lowest BCUT2D eigenvalue weighted by molar-refractivity contribution is -0.132. The van der Waals surface area contributed by atoms with Crippen molar-refractivity contribution in [3.8, 4) is 0 Å². The number of benzene rings is 1. The molecule has 1 N–H and O–H groups in total. The molecule has 4 heteroatoms. The van der Waals surface area contributed by atoms with Crippen LogP contribution in [0, 0.1) is 0 Å². The average Bonchev–Trinajstić information content (AvgIpc) is 2.49. The molecule has 0 saturated carbocycles. The van der Waals surface area contributed by atoms with Crippen LogP contribution in [-0.4, -0.2) is 62.0 Å². The fraction of sp³-hybridized carbons (Fsp3) is 0.562. The zero-order chi connectivity index (χ0) is 14.2. The summed E-state index contributed by atoms with van der Waals surface area (Å²) < 4.78 is 0. The second kappa shape index (κ2) is 8.02. The molecule has 2 rings (SSSR count). The lowest BCUT2D eigenvalue weighted by atomic mass is 10.1. The Kier molecular flexibility index (Phi) is 6.02. The van der Waals surface area contributed by atoms with Gasteiger partial charge in [0.2, 0.25) is 5.91 Å². The first-order valence-electron chi connectivity index (χ1n) is 7.46. The van der Waals surface area contributed by atoms with Crippen molar-refractivity contribution in [2.24, 2.45) is 0 Å². The number of rotatable bonds is 6. The van der Waals surface area contributed by atoms with Crippen LogP contribution in [-0.2, 0) is 11.2 Å². The van der Waals surface area contributed by atoms with E-state index in [4.69, 9.17) is 0 Å². The summed E-state index contributed by atoms with van der Waals surface area (Å²) in [6.45, 7) is 5.03. The van der Waals surface area contributed by atoms with E-state index in [9.17, 15) is 4.79 Å². The van der Waals surface area contributed by atoms with Crippen molar-refractivity contribution in [1.82, 2.24) is 15.1 Å². The van der Waals surface area contributed by atoms with E-state index >= 15 is 0 Å². The molecular weight excluding hydrogens is 250 g/mol. The van der Waals surface area contributed by atoms with Gasteiger partial charge in [-0.15, -0.1) is 0 Å². The SMILES string of the molecule is CN(CCCc1ccccc1)CC(=O)N1CCNCC1. The predicted molar refractivity (Wildman–Crippen MR) is 81.7 cm³/mol. The second-order valence-electron chi connectivity index (χ2n) is 5.46. The molecule has 0 atom stereocenters. The maximum absolute atomic E-state index is 12.1. The number of piperazine rings is 1. The Labute approximate surface area is 121 Å². The molecule has 110 valence electrons. The Morgan fingerprint density at radius 1 is 1.25 bits per heavy atom. The van der Waals surface area contributed by atoms with E-state index in [-0.39, 0.29) is 5.91 Å². The van der Waals surface area contributed by atoms with Gasteiger partial charge >= 0.3 is 0 Å². The molecule has 1 aromatic carbocycles. The molecule has 0 unspecified atom stereocenters. The van der Waals surface area contributed by atoms with E-state index in [1.165, 1.54) is 5.56 Å². The molecular formula is C16H25N3O. The van der Waals surface area contributed by atoms with Gasteiger partial charge in [0.15, 0.2) is 0 Å². The third kappa shape index (κ3) is 4.94. The highest BCUT2D eigenvalue weighted by atomic mass is 16.2. The highest BCUT2D eigenvalue weighted by Gasteiger charge is 2.17. The topological polar surface area (TPSA) is 35.6 Å². The van der Waals surface area contributed by atoms with Crippen LogP contribution in [0.1, 0.15) is 12.0 Å². The van der Waals surface area contributed by atoms with Crippen LogP contribution in [0.3, 0.4) is 0 Å². The van der Waals surface area contributed by atoms with Crippen LogP contribution in [0.25, 0.3) is 0 Å². The molecule has 1 heterocycles. The predicted octanol–water partition coefficient (Wildman–Crippen LogP) is 0.983. The van der Waals surface area contributed by atoms with Crippen molar-refractivity contribution in [2.45, 2.75) is 12.8 Å². The summed E-state index contributed by atoms with van der Waals surface area (Å²) in [5.74, 6) is 0.258. The molecule has 1 aliphatic heterocycles. The number of hydrogen-bond acceptors (Lipinski definition) is 3. The molecule has 1 fully saturated rings. The molecule has 0 spiro atoms. The number of hydrogen-bond donors (Lipinski definition) is 1. The Morgan fingerprint density at radius 2 is 1.95 bits per heavy atom. The minimum absolute atomic E-state index is 0.258. The Bertz CT molecular complexity index is 401. The third-order valence-corrected chi connectivity index (χ3v) is 3.72. The summed E-state index contributed by atoms with van der Waals surface area (Å²) in [6.07, 6.45) is 2.17. The number of amides is 1. The minimum Gasteiger partial charge on any atom is -0.339 e. The fourth-order valence-corrected chi connectivity index (χ4v) is 2.52. The molecule has 20 heavy (non-hydrogen) atoms. The number of nitrogens with one attached hydrogen (secondary N) is 1. The third-order valence-electron chi connectivity index (χ3n) is 3.72. The van der Waals surface area contributed by atoms with Crippen molar-refractivity contribution in [3.05, 3.63) is 35.9 Å². The van der Waals surface area contributed by atoms with Crippen molar-refractivity contribution in [2.75, 3.05) is 46.3 Å². The summed E-state index contributed by atoms with van der Waals surface area (Å²) in [4.78, 5) is 16.2. The highest BCUT2D eigenvalue weighted by Crippen LogP contribution is 2.03. The number of carbonyl (C=O) groups is 1. The van der Waals surface area contributed by atoms with Gasteiger partial charge in [0, 0.05) is 26.2 Å². The first-order valence-corrected chi connectivity index (χ1v) is 7.46. The molecule has 0 aromatic heterocycles. The van der Waals surface area contributed by atoms with Crippen molar-refractivity contribution >= 4 is 5.91 Å². The van der Waals surface area contributed by atoms with Crippen LogP contribution >= 0.6 is 0 Å². The largest absolute Gasteiger partial charge is 0.339 e. The monoisotopic (exact) mass is 275 g/mol. The van der Waals surface area contributed by atoms with E-state index in [1.807, 2.05) is 18.0 Å². The molecule has 1 saturated heterocycles. The number of nitrogens with zero attached hydrogens (tertiary/aromatic N) is 2. The number of aryl methyl sites for hydroxylation is 1. The lowest BCUT2D eigenvalue weighted by Gasteiger charge is -2.29. The number of likely N-dealkylation sites (N-methyl/N-ethyl adjacent to an activating group) is 1. The van der Waals surface area contributed by atoms with Gasteiger partial charge in [0.05, 0.1) is 6.54 Å². The molecule has 4 nitrogen and oxygen atoms in total. The lowest BCUT2D eigenvalue weighted by Crippen LogP contribution is -2.49. The summed E-state index contributed by atoms with van der Waals surface area (Å²) in [7, 11) is 2.03. The molecule has 1 aliphatic rings. The minimum atomic E-state index is 0.258. The standard InChI is InChI=1S/C16H25N3O/c1-18(11-5-8-15-6-3-2-4-7-15)14-16(20)19-12-9-17-10-13-19/h2-4,6-7,17H,5,8-14H2,1H3. The van der Waals surface area contributed by atoms with Crippen molar-refractivity contribution < 1.29 is 4.79 Å². The second-order valence-corrected chi connectivity index (χ2v) is 5.46. The van der Waals surface area contributed by atoms with E-state index in [0.29, 0.717) is 6.54 Å². The van der Waals surface area contributed by atoms with Gasteiger partial charge in [0.25, 0.3) is 0 Å². The van der Waals surface area contributed by atoms with Crippen molar-refractivity contribution in [1.29, 1.82) is 0 Å². The van der Waals surface area contributed by atoms with E-state index in [1.54, 1.807) is 0 Å².